The number of carbonyl (C=O) groups excluding carboxylic acids is 1. The van der Waals surface area contributed by atoms with Crippen LogP contribution in [-0.2, 0) is 9.53 Å². The summed E-state index contributed by atoms with van der Waals surface area (Å²) in [6.07, 6.45) is 0. The van der Waals surface area contributed by atoms with Gasteiger partial charge in [0.25, 0.3) is 0 Å². The third-order valence-electron chi connectivity index (χ3n) is 2.69. The fraction of sp³-hybridized carbons (Fsp3) is 0.385. The SMILES string of the molecule is COC(=O)CN(c1ccc(C(N)=S)cc1Cl)C(C)C. The van der Waals surface area contributed by atoms with Crippen LogP contribution >= 0.6 is 23.8 Å². The van der Waals surface area contributed by atoms with Crippen molar-refractivity contribution in [2.24, 2.45) is 5.73 Å². The molecule has 0 saturated carbocycles. The number of nitrogens with two attached hydrogens (primary N) is 1. The minimum Gasteiger partial charge on any atom is -0.468 e. The molecule has 0 radical (unpaired) electrons. The summed E-state index contributed by atoms with van der Waals surface area (Å²) < 4.78 is 4.69. The highest BCUT2D eigenvalue weighted by molar-refractivity contribution is 7.80. The lowest BCUT2D eigenvalue weighted by Gasteiger charge is -2.28. The Labute approximate surface area is 123 Å². The van der Waals surface area contributed by atoms with Crippen LogP contribution in [0.4, 0.5) is 5.69 Å². The van der Waals surface area contributed by atoms with E-state index in [-0.39, 0.29) is 23.5 Å². The minimum absolute atomic E-state index is 0.104. The molecule has 0 bridgehead atoms. The molecule has 19 heavy (non-hydrogen) atoms. The molecule has 0 aliphatic carbocycles. The largest absolute Gasteiger partial charge is 0.468 e. The first-order chi connectivity index (χ1) is 8.86. The molecule has 4 nitrogen and oxygen atoms in total. The highest BCUT2D eigenvalue weighted by atomic mass is 35.5. The van der Waals surface area contributed by atoms with E-state index in [0.717, 1.165) is 5.69 Å². The van der Waals surface area contributed by atoms with Gasteiger partial charge in [-0.2, -0.15) is 0 Å². The van der Waals surface area contributed by atoms with Gasteiger partial charge in [0, 0.05) is 11.6 Å². The number of methoxy groups -OCH3 is 1. The normalized spacial score (nSPS) is 10.4. The van der Waals surface area contributed by atoms with Gasteiger partial charge in [0.15, 0.2) is 0 Å². The third-order valence-corrected chi connectivity index (χ3v) is 3.23. The second-order valence-electron chi connectivity index (χ2n) is 4.33. The third kappa shape index (κ3) is 4.08. The topological polar surface area (TPSA) is 55.6 Å². The van der Waals surface area contributed by atoms with E-state index in [2.05, 4.69) is 4.74 Å². The van der Waals surface area contributed by atoms with Crippen LogP contribution in [0.3, 0.4) is 0 Å². The predicted molar refractivity (Wildman–Crippen MR) is 81.8 cm³/mol. The second kappa shape index (κ2) is 6.73. The number of hydrogen-bond donors (Lipinski definition) is 1. The highest BCUT2D eigenvalue weighted by Crippen LogP contribution is 2.28. The molecule has 0 aliphatic rings. The molecule has 0 atom stereocenters. The number of nitrogens with zero attached hydrogens (tertiary/aromatic N) is 1. The number of hydrogen-bond acceptors (Lipinski definition) is 4. The Hall–Kier alpha value is -1.33. The number of anilines is 1. The summed E-state index contributed by atoms with van der Waals surface area (Å²) in [6.45, 7) is 4.09. The standard InChI is InChI=1S/C13H17ClN2O2S/c1-8(2)16(7-12(17)18-3)11-5-4-9(13(15)19)6-10(11)14/h4-6,8H,7H2,1-3H3,(H2,15,19). The summed E-state index contributed by atoms with van der Waals surface area (Å²) >= 11 is 11.1. The minimum atomic E-state index is -0.316. The van der Waals surface area contributed by atoms with Gasteiger partial charge < -0.3 is 15.4 Å². The summed E-state index contributed by atoms with van der Waals surface area (Å²) in [5.41, 5.74) is 7.01. The van der Waals surface area contributed by atoms with Crippen LogP contribution in [0.5, 0.6) is 0 Å². The maximum atomic E-state index is 11.4. The lowest BCUT2D eigenvalue weighted by molar-refractivity contribution is -0.139. The van der Waals surface area contributed by atoms with E-state index in [9.17, 15) is 4.79 Å². The van der Waals surface area contributed by atoms with Gasteiger partial charge in [-0.05, 0) is 32.0 Å². The maximum Gasteiger partial charge on any atom is 0.325 e. The Morgan fingerprint density at radius 1 is 1.53 bits per heavy atom. The van der Waals surface area contributed by atoms with Gasteiger partial charge in [-0.15, -0.1) is 0 Å². The summed E-state index contributed by atoms with van der Waals surface area (Å²) in [5.74, 6) is -0.316. The van der Waals surface area contributed by atoms with Crippen molar-refractivity contribution in [3.8, 4) is 0 Å². The quantitative estimate of drug-likeness (QED) is 0.668. The molecule has 0 spiro atoms. The number of thiocarbonyl (C=S) groups is 1. The van der Waals surface area contributed by atoms with Gasteiger partial charge in [-0.1, -0.05) is 23.8 Å². The Morgan fingerprint density at radius 2 is 2.16 bits per heavy atom. The van der Waals surface area contributed by atoms with Crippen LogP contribution in [0.15, 0.2) is 18.2 Å². The molecule has 6 heteroatoms. The van der Waals surface area contributed by atoms with Crippen molar-refractivity contribution in [2.75, 3.05) is 18.6 Å². The Kier molecular flexibility index (Phi) is 5.57. The average molecular weight is 301 g/mol. The molecule has 104 valence electrons. The van der Waals surface area contributed by atoms with Crippen LogP contribution in [-0.4, -0.2) is 30.7 Å². The van der Waals surface area contributed by atoms with Gasteiger partial charge in [-0.3, -0.25) is 4.79 Å². The number of ether oxygens (including phenoxy) is 1. The van der Waals surface area contributed by atoms with Gasteiger partial charge in [0.2, 0.25) is 0 Å². The number of halogens is 1. The van der Waals surface area contributed by atoms with Crippen LogP contribution in [0.2, 0.25) is 5.02 Å². The fourth-order valence-electron chi connectivity index (χ4n) is 1.64. The molecular weight excluding hydrogens is 284 g/mol. The Balaban J connectivity index is 3.09. The highest BCUT2D eigenvalue weighted by Gasteiger charge is 2.18. The molecule has 0 aromatic heterocycles. The first-order valence-electron chi connectivity index (χ1n) is 5.79. The van der Waals surface area contributed by atoms with Gasteiger partial charge in [0.1, 0.15) is 11.5 Å². The van der Waals surface area contributed by atoms with Crippen molar-refractivity contribution in [3.63, 3.8) is 0 Å². The first-order valence-corrected chi connectivity index (χ1v) is 6.58. The van der Waals surface area contributed by atoms with Gasteiger partial charge >= 0.3 is 5.97 Å². The zero-order chi connectivity index (χ0) is 14.6. The van der Waals surface area contributed by atoms with Crippen molar-refractivity contribution in [1.29, 1.82) is 0 Å². The predicted octanol–water partition coefficient (Wildman–Crippen LogP) is 2.36. The second-order valence-corrected chi connectivity index (χ2v) is 5.18. The van der Waals surface area contributed by atoms with Crippen molar-refractivity contribution in [1.82, 2.24) is 0 Å². The smallest absolute Gasteiger partial charge is 0.325 e. The van der Waals surface area contributed by atoms with Crippen molar-refractivity contribution < 1.29 is 9.53 Å². The molecule has 0 fully saturated rings. The van der Waals surface area contributed by atoms with E-state index < -0.39 is 0 Å². The number of carbonyl (C=O) groups is 1. The van der Waals surface area contributed by atoms with Gasteiger partial charge in [0.05, 0.1) is 17.8 Å². The maximum absolute atomic E-state index is 11.4. The summed E-state index contributed by atoms with van der Waals surface area (Å²) in [7, 11) is 1.36. The van der Waals surface area contributed by atoms with Crippen LogP contribution in [0.1, 0.15) is 19.4 Å². The zero-order valence-corrected chi connectivity index (χ0v) is 12.7. The van der Waals surface area contributed by atoms with Crippen molar-refractivity contribution in [2.45, 2.75) is 19.9 Å². The molecule has 0 aliphatic heterocycles. The lowest BCUT2D eigenvalue weighted by Crippen LogP contribution is -2.36. The van der Waals surface area contributed by atoms with Crippen LogP contribution in [0, 0.1) is 0 Å². The number of esters is 1. The molecular formula is C13H17ClN2O2S. The van der Waals surface area contributed by atoms with Crippen molar-refractivity contribution >= 4 is 40.5 Å². The number of benzene rings is 1. The fourth-order valence-corrected chi connectivity index (χ4v) is 2.06. The molecule has 0 saturated heterocycles. The summed E-state index contributed by atoms with van der Waals surface area (Å²) in [4.78, 5) is 13.6. The molecule has 0 amide bonds. The van der Waals surface area contributed by atoms with E-state index >= 15 is 0 Å². The number of rotatable bonds is 5. The zero-order valence-electron chi connectivity index (χ0n) is 11.1. The molecule has 1 aromatic carbocycles. The van der Waals surface area contributed by atoms with Crippen LogP contribution < -0.4 is 10.6 Å². The Bertz CT molecular complexity index is 492. The first kappa shape index (κ1) is 15.7. The average Bonchev–Trinajstić information content (AvgIpc) is 2.35. The molecule has 1 aromatic rings. The molecule has 1 rings (SSSR count). The van der Waals surface area contributed by atoms with E-state index in [0.29, 0.717) is 10.6 Å². The van der Waals surface area contributed by atoms with Crippen molar-refractivity contribution in [3.05, 3.63) is 28.8 Å². The molecule has 0 unspecified atom stereocenters. The Morgan fingerprint density at radius 3 is 2.58 bits per heavy atom. The summed E-state index contributed by atoms with van der Waals surface area (Å²) in [5, 5.41) is 0.503. The van der Waals surface area contributed by atoms with Gasteiger partial charge in [-0.25, -0.2) is 0 Å². The molecule has 0 heterocycles. The monoisotopic (exact) mass is 300 g/mol. The molecule has 2 N–H and O–H groups in total. The van der Waals surface area contributed by atoms with E-state index in [1.54, 1.807) is 18.2 Å². The van der Waals surface area contributed by atoms with E-state index in [1.807, 2.05) is 18.7 Å². The van der Waals surface area contributed by atoms with E-state index in [1.165, 1.54) is 7.11 Å². The summed E-state index contributed by atoms with van der Waals surface area (Å²) in [6, 6.07) is 5.40. The van der Waals surface area contributed by atoms with Crippen LogP contribution in [0.25, 0.3) is 0 Å². The van der Waals surface area contributed by atoms with E-state index in [4.69, 9.17) is 29.6 Å². The lowest BCUT2D eigenvalue weighted by atomic mass is 10.1.